The Morgan fingerprint density at radius 3 is 2.70 bits per heavy atom. The molecule has 1 heterocycles. The van der Waals surface area contributed by atoms with Gasteiger partial charge in [-0.1, -0.05) is 47.6 Å². The number of carbonyl (C=O) groups excluding carboxylic acids is 1. The third-order valence-electron chi connectivity index (χ3n) is 4.61. The van der Waals surface area contributed by atoms with E-state index < -0.39 is 6.10 Å². The Labute approximate surface area is 173 Å². The van der Waals surface area contributed by atoms with E-state index in [1.165, 1.54) is 0 Å². The van der Waals surface area contributed by atoms with Gasteiger partial charge in [0, 0.05) is 5.56 Å². The number of hydrogen-bond acceptors (Lipinski definition) is 6. The van der Waals surface area contributed by atoms with Crippen LogP contribution in [0.2, 0.25) is 0 Å². The fraction of sp³-hybridized carbons (Fsp3) is 0.174. The molecule has 0 spiro atoms. The zero-order chi connectivity index (χ0) is 20.9. The number of fused-ring (bicyclic) bond motifs is 1. The van der Waals surface area contributed by atoms with Crippen molar-refractivity contribution in [3.05, 3.63) is 72.6 Å². The van der Waals surface area contributed by atoms with Crippen LogP contribution in [-0.4, -0.2) is 29.3 Å². The van der Waals surface area contributed by atoms with Gasteiger partial charge in [-0.05, 0) is 42.0 Å². The van der Waals surface area contributed by atoms with Crippen LogP contribution < -0.4 is 14.8 Å². The van der Waals surface area contributed by atoms with Crippen LogP contribution in [0, 0.1) is 0 Å². The van der Waals surface area contributed by atoms with Gasteiger partial charge in [-0.3, -0.25) is 4.79 Å². The van der Waals surface area contributed by atoms with Gasteiger partial charge >= 0.3 is 0 Å². The summed E-state index contributed by atoms with van der Waals surface area (Å²) < 4.78 is 16.2. The molecule has 0 fully saturated rings. The van der Waals surface area contributed by atoms with E-state index >= 15 is 0 Å². The van der Waals surface area contributed by atoms with Gasteiger partial charge in [0.05, 0.1) is 13.7 Å². The van der Waals surface area contributed by atoms with Crippen LogP contribution in [0.3, 0.4) is 0 Å². The fourth-order valence-electron chi connectivity index (χ4n) is 3.01. The van der Waals surface area contributed by atoms with E-state index in [4.69, 9.17) is 14.0 Å². The molecule has 152 valence electrons. The Morgan fingerprint density at radius 2 is 1.87 bits per heavy atom. The molecule has 7 nitrogen and oxygen atoms in total. The first-order valence-corrected chi connectivity index (χ1v) is 9.52. The van der Waals surface area contributed by atoms with E-state index in [0.29, 0.717) is 23.2 Å². The summed E-state index contributed by atoms with van der Waals surface area (Å²) in [5, 5.41) is 8.89. The molecule has 1 N–H and O–H groups in total. The lowest BCUT2D eigenvalue weighted by molar-refractivity contribution is -0.127. The van der Waals surface area contributed by atoms with E-state index in [9.17, 15) is 4.79 Å². The summed E-state index contributed by atoms with van der Waals surface area (Å²) in [6.45, 7) is 1.81. The first kappa shape index (κ1) is 19.4. The molecule has 7 heteroatoms. The van der Waals surface area contributed by atoms with Crippen LogP contribution in [0.4, 0.5) is 0 Å². The standard InChI is InChI=1S/C23H21N3O4/c1-15(29-20-11-10-16-6-3-4-7-17(16)12-20)23(27)24-14-21-25-22(26-30-21)18-8-5-9-19(13-18)28-2/h3-13,15H,14H2,1-2H3,(H,24,27). The normalized spacial score (nSPS) is 11.8. The molecule has 1 unspecified atom stereocenters. The van der Waals surface area contributed by atoms with Gasteiger partial charge in [0.1, 0.15) is 11.5 Å². The largest absolute Gasteiger partial charge is 0.497 e. The van der Waals surface area contributed by atoms with Crippen LogP contribution in [0.15, 0.2) is 71.3 Å². The maximum absolute atomic E-state index is 12.4. The number of nitrogens with zero attached hydrogens (tertiary/aromatic N) is 2. The second kappa shape index (κ2) is 8.65. The number of aromatic nitrogens is 2. The summed E-state index contributed by atoms with van der Waals surface area (Å²) in [6.07, 6.45) is -0.674. The molecule has 3 aromatic carbocycles. The van der Waals surface area contributed by atoms with Crippen molar-refractivity contribution in [2.75, 3.05) is 7.11 Å². The molecule has 0 bridgehead atoms. The number of hydrogen-bond donors (Lipinski definition) is 1. The highest BCUT2D eigenvalue weighted by atomic mass is 16.5. The van der Waals surface area contributed by atoms with E-state index in [0.717, 1.165) is 16.3 Å². The third kappa shape index (κ3) is 4.41. The summed E-state index contributed by atoms with van der Waals surface area (Å²) in [6, 6.07) is 21.1. The maximum Gasteiger partial charge on any atom is 0.261 e. The molecule has 1 atom stereocenters. The lowest BCUT2D eigenvalue weighted by Crippen LogP contribution is -2.35. The van der Waals surface area contributed by atoms with Gasteiger partial charge in [0.2, 0.25) is 11.7 Å². The molecule has 0 saturated heterocycles. The summed E-state index contributed by atoms with van der Waals surface area (Å²) in [4.78, 5) is 16.7. The minimum atomic E-state index is -0.674. The predicted octanol–water partition coefficient (Wildman–Crippen LogP) is 3.98. The molecule has 1 aromatic heterocycles. The van der Waals surface area contributed by atoms with Crippen molar-refractivity contribution in [2.24, 2.45) is 0 Å². The average molecular weight is 403 g/mol. The van der Waals surface area contributed by atoms with Gasteiger partial charge in [0.15, 0.2) is 6.10 Å². The SMILES string of the molecule is COc1cccc(-c2noc(CNC(=O)C(C)Oc3ccc4ccccc4c3)n2)c1. The van der Waals surface area contributed by atoms with Gasteiger partial charge in [-0.15, -0.1) is 0 Å². The smallest absolute Gasteiger partial charge is 0.261 e. The zero-order valence-corrected chi connectivity index (χ0v) is 16.7. The van der Waals surface area contributed by atoms with Crippen LogP contribution in [0.1, 0.15) is 12.8 Å². The minimum Gasteiger partial charge on any atom is -0.497 e. The number of benzene rings is 3. The number of ether oxygens (including phenoxy) is 2. The monoisotopic (exact) mass is 403 g/mol. The van der Waals surface area contributed by atoms with Crippen molar-refractivity contribution < 1.29 is 18.8 Å². The number of methoxy groups -OCH3 is 1. The Bertz CT molecular complexity index is 1170. The van der Waals surface area contributed by atoms with Gasteiger partial charge in [0.25, 0.3) is 5.91 Å². The molecule has 0 aliphatic rings. The van der Waals surface area contributed by atoms with E-state index in [1.807, 2.05) is 66.7 Å². The van der Waals surface area contributed by atoms with Gasteiger partial charge in [-0.25, -0.2) is 0 Å². The zero-order valence-electron chi connectivity index (χ0n) is 16.7. The van der Waals surface area contributed by atoms with Crippen LogP contribution in [0.5, 0.6) is 11.5 Å². The molecule has 0 saturated carbocycles. The Morgan fingerprint density at radius 1 is 1.03 bits per heavy atom. The molecule has 4 rings (SSSR count). The number of amides is 1. The molecular formula is C23H21N3O4. The molecule has 1 amide bonds. The minimum absolute atomic E-state index is 0.112. The molecule has 30 heavy (non-hydrogen) atoms. The summed E-state index contributed by atoms with van der Waals surface area (Å²) in [5.74, 6) is 1.79. The lowest BCUT2D eigenvalue weighted by atomic mass is 10.1. The van der Waals surface area contributed by atoms with Crippen molar-refractivity contribution >= 4 is 16.7 Å². The van der Waals surface area contributed by atoms with Crippen molar-refractivity contribution in [1.82, 2.24) is 15.5 Å². The second-order valence-corrected chi connectivity index (χ2v) is 6.73. The summed E-state index contributed by atoms with van der Waals surface area (Å²) >= 11 is 0. The second-order valence-electron chi connectivity index (χ2n) is 6.73. The van der Waals surface area contributed by atoms with Crippen molar-refractivity contribution in [3.63, 3.8) is 0 Å². The van der Waals surface area contributed by atoms with Crippen LogP contribution >= 0.6 is 0 Å². The lowest BCUT2D eigenvalue weighted by Gasteiger charge is -2.14. The Balaban J connectivity index is 1.35. The van der Waals surface area contributed by atoms with Crippen LogP contribution in [0.25, 0.3) is 22.2 Å². The quantitative estimate of drug-likeness (QED) is 0.502. The third-order valence-corrected chi connectivity index (χ3v) is 4.61. The molecule has 0 aliphatic heterocycles. The maximum atomic E-state index is 12.4. The highest BCUT2D eigenvalue weighted by molar-refractivity contribution is 5.84. The van der Waals surface area contributed by atoms with E-state index in [1.54, 1.807) is 14.0 Å². The Kier molecular flexibility index (Phi) is 5.61. The first-order valence-electron chi connectivity index (χ1n) is 9.52. The van der Waals surface area contributed by atoms with Crippen molar-refractivity contribution in [2.45, 2.75) is 19.6 Å². The van der Waals surface area contributed by atoms with Crippen LogP contribution in [-0.2, 0) is 11.3 Å². The summed E-state index contributed by atoms with van der Waals surface area (Å²) in [5.41, 5.74) is 0.767. The van der Waals surface area contributed by atoms with E-state index in [2.05, 4.69) is 15.5 Å². The molecule has 0 radical (unpaired) electrons. The molecule has 4 aromatic rings. The topological polar surface area (TPSA) is 86.5 Å². The van der Waals surface area contributed by atoms with Gasteiger partial charge in [-0.2, -0.15) is 4.98 Å². The predicted molar refractivity (Wildman–Crippen MR) is 112 cm³/mol. The highest BCUT2D eigenvalue weighted by Crippen LogP contribution is 2.22. The number of nitrogens with one attached hydrogen (secondary N) is 1. The van der Waals surface area contributed by atoms with Crippen molar-refractivity contribution in [3.8, 4) is 22.9 Å². The average Bonchev–Trinajstić information content (AvgIpc) is 3.26. The van der Waals surface area contributed by atoms with E-state index in [-0.39, 0.29) is 12.5 Å². The molecular weight excluding hydrogens is 382 g/mol. The molecule has 0 aliphatic carbocycles. The summed E-state index contributed by atoms with van der Waals surface area (Å²) in [7, 11) is 1.59. The fourth-order valence-corrected chi connectivity index (χ4v) is 3.01. The number of carbonyl (C=O) groups is 1. The van der Waals surface area contributed by atoms with Crippen molar-refractivity contribution in [1.29, 1.82) is 0 Å². The Hall–Kier alpha value is -3.87. The number of rotatable bonds is 7. The highest BCUT2D eigenvalue weighted by Gasteiger charge is 2.16. The van der Waals surface area contributed by atoms with Gasteiger partial charge < -0.3 is 19.3 Å². The first-order chi connectivity index (χ1) is 14.6.